The third kappa shape index (κ3) is 3.13. The molecule has 0 bridgehead atoms. The molecule has 0 amide bonds. The Bertz CT molecular complexity index is 325. The smallest absolute Gasteiger partial charge is 0.170 e. The van der Waals surface area contributed by atoms with Gasteiger partial charge in [-0.1, -0.05) is 27.7 Å². The molecule has 0 radical (unpaired) electrons. The van der Waals surface area contributed by atoms with Crippen LogP contribution in [0.5, 0.6) is 0 Å². The van der Waals surface area contributed by atoms with Crippen LogP contribution < -0.4 is 0 Å². The number of ether oxygens (including phenoxy) is 2. The van der Waals surface area contributed by atoms with Gasteiger partial charge in [0.1, 0.15) is 0 Å². The van der Waals surface area contributed by atoms with E-state index in [1.807, 2.05) is 20.8 Å². The molecule has 0 N–H and O–H groups in total. The zero-order chi connectivity index (χ0) is 13.4. The Balaban J connectivity index is 2.96. The van der Waals surface area contributed by atoms with Gasteiger partial charge < -0.3 is 9.47 Å². The van der Waals surface area contributed by atoms with E-state index >= 15 is 0 Å². The van der Waals surface area contributed by atoms with E-state index in [0.29, 0.717) is 6.42 Å². The Labute approximate surface area is 103 Å². The zero-order valence-corrected chi connectivity index (χ0v) is 11.5. The molecular formula is C13H22O4. The summed E-state index contributed by atoms with van der Waals surface area (Å²) in [5, 5.41) is 0. The molecule has 0 spiro atoms. The predicted molar refractivity (Wildman–Crippen MR) is 63.6 cm³/mol. The maximum Gasteiger partial charge on any atom is 0.170 e. The molecule has 1 fully saturated rings. The van der Waals surface area contributed by atoms with E-state index in [9.17, 15) is 9.59 Å². The van der Waals surface area contributed by atoms with Gasteiger partial charge in [-0.2, -0.15) is 0 Å². The van der Waals surface area contributed by atoms with Crippen LogP contribution in [0.25, 0.3) is 0 Å². The van der Waals surface area contributed by atoms with Gasteiger partial charge in [0.05, 0.1) is 0 Å². The lowest BCUT2D eigenvalue weighted by Crippen LogP contribution is -2.42. The highest BCUT2D eigenvalue weighted by molar-refractivity contribution is 5.95. The van der Waals surface area contributed by atoms with Crippen molar-refractivity contribution in [3.05, 3.63) is 0 Å². The molecule has 4 nitrogen and oxygen atoms in total. The average molecular weight is 242 g/mol. The van der Waals surface area contributed by atoms with Crippen molar-refractivity contribution < 1.29 is 19.1 Å². The maximum absolute atomic E-state index is 12.2. The number of carbonyl (C=O) groups excluding carboxylic acids is 2. The Kier molecular flexibility index (Phi) is 3.79. The molecule has 0 aromatic heterocycles. The van der Waals surface area contributed by atoms with Crippen molar-refractivity contribution >= 4 is 11.6 Å². The molecule has 17 heavy (non-hydrogen) atoms. The van der Waals surface area contributed by atoms with Gasteiger partial charge in [-0.15, -0.1) is 0 Å². The van der Waals surface area contributed by atoms with Crippen LogP contribution in [0.4, 0.5) is 0 Å². The summed E-state index contributed by atoms with van der Waals surface area (Å²) in [4.78, 5) is 24.0. The van der Waals surface area contributed by atoms with Crippen molar-refractivity contribution in [3.8, 4) is 0 Å². The fourth-order valence-electron chi connectivity index (χ4n) is 1.82. The van der Waals surface area contributed by atoms with E-state index in [4.69, 9.17) is 9.47 Å². The molecule has 4 heteroatoms. The largest absolute Gasteiger partial charge is 0.336 e. The lowest BCUT2D eigenvalue weighted by Gasteiger charge is -2.23. The first-order chi connectivity index (χ1) is 7.58. The molecule has 0 aromatic rings. The van der Waals surface area contributed by atoms with Crippen LogP contribution in [-0.4, -0.2) is 29.6 Å². The monoisotopic (exact) mass is 242 g/mol. The summed E-state index contributed by atoms with van der Waals surface area (Å²) in [7, 11) is 0. The van der Waals surface area contributed by atoms with Gasteiger partial charge >= 0.3 is 0 Å². The van der Waals surface area contributed by atoms with Gasteiger partial charge in [0.25, 0.3) is 0 Å². The van der Waals surface area contributed by atoms with E-state index in [1.54, 1.807) is 20.8 Å². The fraction of sp³-hybridized carbons (Fsp3) is 0.846. The first kappa shape index (κ1) is 14.3. The van der Waals surface area contributed by atoms with E-state index in [0.717, 1.165) is 0 Å². The highest BCUT2D eigenvalue weighted by Crippen LogP contribution is 2.33. The lowest BCUT2D eigenvalue weighted by molar-refractivity contribution is -0.160. The Morgan fingerprint density at radius 3 is 2.00 bits per heavy atom. The van der Waals surface area contributed by atoms with Crippen LogP contribution >= 0.6 is 0 Å². The number of rotatable bonds is 3. The summed E-state index contributed by atoms with van der Waals surface area (Å²) < 4.78 is 11.1. The molecule has 2 atom stereocenters. The van der Waals surface area contributed by atoms with Gasteiger partial charge in [-0.3, -0.25) is 9.59 Å². The summed E-state index contributed by atoms with van der Waals surface area (Å²) in [5.41, 5.74) is -0.541. The fourth-order valence-corrected chi connectivity index (χ4v) is 1.82. The van der Waals surface area contributed by atoms with Crippen LogP contribution in [0.15, 0.2) is 0 Å². The molecular weight excluding hydrogens is 220 g/mol. The number of hydrogen-bond donors (Lipinski definition) is 0. The van der Waals surface area contributed by atoms with E-state index in [1.165, 1.54) is 0 Å². The topological polar surface area (TPSA) is 52.6 Å². The molecule has 1 saturated heterocycles. The van der Waals surface area contributed by atoms with Crippen molar-refractivity contribution in [2.75, 3.05) is 0 Å². The molecule has 1 unspecified atom stereocenters. The third-order valence-electron chi connectivity index (χ3n) is 2.76. The zero-order valence-electron chi connectivity index (χ0n) is 11.5. The van der Waals surface area contributed by atoms with Crippen LogP contribution in [0.2, 0.25) is 0 Å². The second-order valence-electron chi connectivity index (χ2n) is 5.91. The quantitative estimate of drug-likeness (QED) is 0.760. The summed E-state index contributed by atoms with van der Waals surface area (Å²) in [6.07, 6.45) is -1.20. The van der Waals surface area contributed by atoms with Gasteiger partial charge in [-0.05, 0) is 13.8 Å². The SMILES string of the molecule is CCC(=O)C1OC(C)(C)O[C@H]1C(=O)C(C)(C)C. The van der Waals surface area contributed by atoms with Crippen molar-refractivity contribution in [2.24, 2.45) is 5.41 Å². The molecule has 98 valence electrons. The maximum atomic E-state index is 12.2. The highest BCUT2D eigenvalue weighted by atomic mass is 16.8. The average Bonchev–Trinajstić information content (AvgIpc) is 2.50. The number of ketones is 2. The second-order valence-corrected chi connectivity index (χ2v) is 5.91. The molecule has 1 aliphatic heterocycles. The van der Waals surface area contributed by atoms with Crippen LogP contribution in [0.3, 0.4) is 0 Å². The molecule has 1 rings (SSSR count). The standard InChI is InChI=1S/C13H22O4/c1-7-8(14)9-10(11(15)12(2,3)4)17-13(5,6)16-9/h9-10H,7H2,1-6H3/t9?,10-/m1/s1. The summed E-state index contributed by atoms with van der Waals surface area (Å²) in [6.45, 7) is 10.7. The summed E-state index contributed by atoms with van der Waals surface area (Å²) in [5.74, 6) is -1.05. The summed E-state index contributed by atoms with van der Waals surface area (Å²) >= 11 is 0. The van der Waals surface area contributed by atoms with E-state index in [-0.39, 0.29) is 11.6 Å². The first-order valence-electron chi connectivity index (χ1n) is 6.01. The molecule has 0 aromatic carbocycles. The van der Waals surface area contributed by atoms with E-state index < -0.39 is 23.4 Å². The Morgan fingerprint density at radius 1 is 1.12 bits per heavy atom. The highest BCUT2D eigenvalue weighted by Gasteiger charge is 2.50. The lowest BCUT2D eigenvalue weighted by atomic mass is 9.85. The van der Waals surface area contributed by atoms with Gasteiger partial charge in [0, 0.05) is 11.8 Å². The van der Waals surface area contributed by atoms with Crippen molar-refractivity contribution in [1.82, 2.24) is 0 Å². The Morgan fingerprint density at radius 2 is 1.59 bits per heavy atom. The summed E-state index contributed by atoms with van der Waals surface area (Å²) in [6, 6.07) is 0. The van der Waals surface area contributed by atoms with Crippen LogP contribution in [0.1, 0.15) is 48.0 Å². The van der Waals surface area contributed by atoms with Crippen molar-refractivity contribution in [2.45, 2.75) is 66.0 Å². The molecule has 1 aliphatic rings. The Hall–Kier alpha value is -0.740. The van der Waals surface area contributed by atoms with Crippen LogP contribution in [0, 0.1) is 5.41 Å². The number of carbonyl (C=O) groups is 2. The van der Waals surface area contributed by atoms with Crippen LogP contribution in [-0.2, 0) is 19.1 Å². The minimum absolute atomic E-state index is 0.0850. The van der Waals surface area contributed by atoms with Gasteiger partial charge in [0.2, 0.25) is 0 Å². The molecule has 1 heterocycles. The number of hydrogen-bond acceptors (Lipinski definition) is 4. The minimum Gasteiger partial charge on any atom is -0.336 e. The number of Topliss-reactive ketones (excluding diaryl/α,β-unsaturated/α-hetero) is 2. The minimum atomic E-state index is -0.874. The van der Waals surface area contributed by atoms with Crippen molar-refractivity contribution in [3.63, 3.8) is 0 Å². The first-order valence-corrected chi connectivity index (χ1v) is 6.01. The van der Waals surface area contributed by atoms with Gasteiger partial charge in [0.15, 0.2) is 29.6 Å². The van der Waals surface area contributed by atoms with E-state index in [2.05, 4.69) is 0 Å². The third-order valence-corrected chi connectivity index (χ3v) is 2.76. The second kappa shape index (κ2) is 4.50. The van der Waals surface area contributed by atoms with Gasteiger partial charge in [-0.25, -0.2) is 0 Å². The molecule has 0 saturated carbocycles. The normalized spacial score (nSPS) is 28.1. The molecule has 0 aliphatic carbocycles. The van der Waals surface area contributed by atoms with Crippen molar-refractivity contribution in [1.29, 1.82) is 0 Å². The predicted octanol–water partition coefficient (Wildman–Crippen LogP) is 2.10.